The molecule has 0 aromatic heterocycles. The lowest BCUT2D eigenvalue weighted by molar-refractivity contribution is -0.137. The van der Waals surface area contributed by atoms with Gasteiger partial charge in [-0.3, -0.25) is 14.4 Å². The highest BCUT2D eigenvalue weighted by Crippen LogP contribution is 2.29. The van der Waals surface area contributed by atoms with Crippen LogP contribution in [0.3, 0.4) is 0 Å². The molecule has 1 unspecified atom stereocenters. The van der Waals surface area contributed by atoms with E-state index >= 15 is 0 Å². The molecule has 0 radical (unpaired) electrons. The van der Waals surface area contributed by atoms with E-state index in [2.05, 4.69) is 0 Å². The third kappa shape index (κ3) is 3.86. The lowest BCUT2D eigenvalue weighted by Gasteiger charge is -2.33. The molecule has 0 bridgehead atoms. The minimum absolute atomic E-state index is 0.0165. The molecule has 2 saturated heterocycles. The zero-order valence-corrected chi connectivity index (χ0v) is 14.9. The molecule has 2 heterocycles. The molecule has 2 fully saturated rings. The fourth-order valence-corrected chi connectivity index (χ4v) is 3.82. The molecule has 7 heteroatoms. The van der Waals surface area contributed by atoms with E-state index in [0.29, 0.717) is 37.3 Å². The monoisotopic (exact) mass is 361 g/mol. The third-order valence-electron chi connectivity index (χ3n) is 5.34. The maximum absolute atomic E-state index is 13.4. The number of nitrogens with zero attached hydrogens (tertiary/aromatic N) is 2. The quantitative estimate of drug-likeness (QED) is 0.884. The molecule has 6 nitrogen and oxygen atoms in total. The van der Waals surface area contributed by atoms with Crippen molar-refractivity contribution in [2.75, 3.05) is 24.5 Å². The molecule has 1 aromatic carbocycles. The zero-order valence-electron chi connectivity index (χ0n) is 14.9. The Labute approximate surface area is 152 Å². The number of benzene rings is 1. The fourth-order valence-electron chi connectivity index (χ4n) is 3.82. The van der Waals surface area contributed by atoms with Gasteiger partial charge >= 0.3 is 0 Å². The number of rotatable bonds is 4. The van der Waals surface area contributed by atoms with Crippen LogP contribution in [0.2, 0.25) is 0 Å². The minimum atomic E-state index is -0.374. The normalized spacial score (nSPS) is 21.3. The zero-order chi connectivity index (χ0) is 18.8. The van der Waals surface area contributed by atoms with Crippen molar-refractivity contribution in [3.8, 4) is 0 Å². The Bertz CT molecular complexity index is 729. The first kappa shape index (κ1) is 18.4. The van der Waals surface area contributed by atoms with Crippen LogP contribution in [0.1, 0.15) is 31.2 Å². The van der Waals surface area contributed by atoms with Gasteiger partial charge in [-0.1, -0.05) is 0 Å². The number of hydrogen-bond acceptors (Lipinski definition) is 3. The van der Waals surface area contributed by atoms with Gasteiger partial charge in [0.2, 0.25) is 17.7 Å². The second-order valence-corrected chi connectivity index (χ2v) is 7.28. The SMILES string of the molecule is Cc1cc(N2CC(C(=O)N3CCC(CC(N)=O)CC3)CC2=O)ccc1F. The molecule has 3 amide bonds. The lowest BCUT2D eigenvalue weighted by atomic mass is 9.92. The number of halogens is 1. The van der Waals surface area contributed by atoms with Crippen molar-refractivity contribution in [1.82, 2.24) is 4.90 Å². The van der Waals surface area contributed by atoms with Crippen molar-refractivity contribution in [1.29, 1.82) is 0 Å². The number of aryl methyl sites for hydroxylation is 1. The first-order valence-electron chi connectivity index (χ1n) is 8.98. The summed E-state index contributed by atoms with van der Waals surface area (Å²) in [5.41, 5.74) is 6.34. The van der Waals surface area contributed by atoms with Gasteiger partial charge in [-0.2, -0.15) is 0 Å². The molecule has 0 saturated carbocycles. The van der Waals surface area contributed by atoms with Crippen LogP contribution in [0.5, 0.6) is 0 Å². The number of hydrogen-bond donors (Lipinski definition) is 1. The number of piperidine rings is 1. The number of carbonyl (C=O) groups excluding carboxylic acids is 3. The molecule has 1 aromatic rings. The van der Waals surface area contributed by atoms with Crippen LogP contribution in [0.15, 0.2) is 18.2 Å². The lowest BCUT2D eigenvalue weighted by Crippen LogP contribution is -2.43. The van der Waals surface area contributed by atoms with Gasteiger partial charge < -0.3 is 15.5 Å². The predicted octanol–water partition coefficient (Wildman–Crippen LogP) is 1.60. The first-order chi connectivity index (χ1) is 12.3. The average Bonchev–Trinajstić information content (AvgIpc) is 2.99. The molecular formula is C19H24FN3O3. The van der Waals surface area contributed by atoms with Crippen molar-refractivity contribution in [2.45, 2.75) is 32.6 Å². The minimum Gasteiger partial charge on any atom is -0.370 e. The highest BCUT2D eigenvalue weighted by molar-refractivity contribution is 6.00. The molecule has 0 aliphatic carbocycles. The largest absolute Gasteiger partial charge is 0.370 e. The fraction of sp³-hybridized carbons (Fsp3) is 0.526. The van der Waals surface area contributed by atoms with Crippen LogP contribution in [0.25, 0.3) is 0 Å². The van der Waals surface area contributed by atoms with Crippen molar-refractivity contribution in [3.63, 3.8) is 0 Å². The summed E-state index contributed by atoms with van der Waals surface area (Å²) in [6, 6.07) is 4.55. The second-order valence-electron chi connectivity index (χ2n) is 7.28. The van der Waals surface area contributed by atoms with Crippen LogP contribution >= 0.6 is 0 Å². The summed E-state index contributed by atoms with van der Waals surface area (Å²) in [6.07, 6.45) is 2.06. The van der Waals surface area contributed by atoms with E-state index in [4.69, 9.17) is 5.73 Å². The molecule has 0 spiro atoms. The van der Waals surface area contributed by atoms with E-state index in [1.165, 1.54) is 6.07 Å². The van der Waals surface area contributed by atoms with Gasteiger partial charge in [0, 0.05) is 38.2 Å². The summed E-state index contributed by atoms with van der Waals surface area (Å²) in [5, 5.41) is 0. The van der Waals surface area contributed by atoms with Gasteiger partial charge in [0.25, 0.3) is 0 Å². The predicted molar refractivity (Wildman–Crippen MR) is 94.7 cm³/mol. The highest BCUT2D eigenvalue weighted by atomic mass is 19.1. The summed E-state index contributed by atoms with van der Waals surface area (Å²) >= 11 is 0. The molecule has 1 atom stereocenters. The molecule has 3 rings (SSSR count). The maximum Gasteiger partial charge on any atom is 0.228 e. The van der Waals surface area contributed by atoms with Gasteiger partial charge in [0.05, 0.1) is 5.92 Å². The molecule has 26 heavy (non-hydrogen) atoms. The van der Waals surface area contributed by atoms with Gasteiger partial charge in [0.15, 0.2) is 0 Å². The van der Waals surface area contributed by atoms with Crippen LogP contribution in [-0.4, -0.2) is 42.3 Å². The number of amides is 3. The van der Waals surface area contributed by atoms with Crippen molar-refractivity contribution >= 4 is 23.4 Å². The average molecular weight is 361 g/mol. The topological polar surface area (TPSA) is 83.7 Å². The Morgan fingerprint density at radius 1 is 1.27 bits per heavy atom. The van der Waals surface area contributed by atoms with Crippen molar-refractivity contribution < 1.29 is 18.8 Å². The Balaban J connectivity index is 1.61. The summed E-state index contributed by atoms with van der Waals surface area (Å²) in [7, 11) is 0. The van der Waals surface area contributed by atoms with Gasteiger partial charge in [-0.25, -0.2) is 4.39 Å². The Hall–Kier alpha value is -2.44. The number of primary amides is 1. The summed E-state index contributed by atoms with van der Waals surface area (Å²) in [5.74, 6) is -0.885. The number of carbonyl (C=O) groups is 3. The molecule has 2 N–H and O–H groups in total. The summed E-state index contributed by atoms with van der Waals surface area (Å²) < 4.78 is 13.4. The third-order valence-corrected chi connectivity index (χ3v) is 5.34. The molecule has 2 aliphatic rings. The Morgan fingerprint density at radius 2 is 1.96 bits per heavy atom. The molecular weight excluding hydrogens is 337 g/mol. The Morgan fingerprint density at radius 3 is 2.58 bits per heavy atom. The number of anilines is 1. The number of nitrogens with two attached hydrogens (primary N) is 1. The van der Waals surface area contributed by atoms with E-state index in [1.807, 2.05) is 0 Å². The molecule has 140 valence electrons. The number of likely N-dealkylation sites (tertiary alicyclic amines) is 1. The van der Waals surface area contributed by atoms with Gasteiger partial charge in [-0.05, 0) is 49.4 Å². The van der Waals surface area contributed by atoms with Crippen molar-refractivity contribution in [2.24, 2.45) is 17.6 Å². The highest BCUT2D eigenvalue weighted by Gasteiger charge is 2.38. The van der Waals surface area contributed by atoms with E-state index < -0.39 is 0 Å². The molecule has 2 aliphatic heterocycles. The summed E-state index contributed by atoms with van der Waals surface area (Å²) in [4.78, 5) is 39.5. The van der Waals surface area contributed by atoms with E-state index in [1.54, 1.807) is 28.9 Å². The van der Waals surface area contributed by atoms with Crippen molar-refractivity contribution in [3.05, 3.63) is 29.6 Å². The van der Waals surface area contributed by atoms with E-state index in [0.717, 1.165) is 12.8 Å². The second kappa shape index (κ2) is 7.43. The van der Waals surface area contributed by atoms with Gasteiger partial charge in [0.1, 0.15) is 5.82 Å². The van der Waals surface area contributed by atoms with Crippen LogP contribution in [-0.2, 0) is 14.4 Å². The van der Waals surface area contributed by atoms with E-state index in [9.17, 15) is 18.8 Å². The standard InChI is InChI=1S/C19H24FN3O3/c1-12-8-15(2-3-16(12)20)23-11-14(10-18(23)25)19(26)22-6-4-13(5-7-22)9-17(21)24/h2-3,8,13-14H,4-7,9-11H2,1H3,(H2,21,24). The maximum atomic E-state index is 13.4. The van der Waals surface area contributed by atoms with Crippen LogP contribution in [0.4, 0.5) is 10.1 Å². The van der Waals surface area contributed by atoms with Gasteiger partial charge in [-0.15, -0.1) is 0 Å². The van der Waals surface area contributed by atoms with E-state index in [-0.39, 0.29) is 41.8 Å². The van der Waals surface area contributed by atoms with Crippen LogP contribution < -0.4 is 10.6 Å². The summed E-state index contributed by atoms with van der Waals surface area (Å²) in [6.45, 7) is 3.16. The first-order valence-corrected chi connectivity index (χ1v) is 8.98. The van der Waals surface area contributed by atoms with Crippen LogP contribution in [0, 0.1) is 24.6 Å². The smallest absolute Gasteiger partial charge is 0.228 e. The Kier molecular flexibility index (Phi) is 5.25.